The van der Waals surface area contributed by atoms with Crippen LogP contribution in [-0.2, 0) is 20.9 Å². The van der Waals surface area contributed by atoms with Gasteiger partial charge in [0.2, 0.25) is 5.91 Å². The number of hydrogen-bond acceptors (Lipinski definition) is 7. The van der Waals surface area contributed by atoms with Crippen LogP contribution >= 0.6 is 11.7 Å². The van der Waals surface area contributed by atoms with Crippen molar-refractivity contribution in [3.8, 4) is 0 Å². The highest BCUT2D eigenvalue weighted by Gasteiger charge is 2.56. The number of aromatic nitrogens is 2. The first-order valence-corrected chi connectivity index (χ1v) is 10.6. The number of carbonyl (C=O) groups excluding carboxylic acids is 2. The number of amides is 1. The van der Waals surface area contributed by atoms with Gasteiger partial charge in [-0.25, -0.2) is 0 Å². The normalized spacial score (nSPS) is 22.3. The van der Waals surface area contributed by atoms with Crippen LogP contribution in [0.4, 0.5) is 0 Å². The molecule has 1 spiro atoms. The van der Waals surface area contributed by atoms with Crippen molar-refractivity contribution in [3.63, 3.8) is 0 Å². The van der Waals surface area contributed by atoms with Crippen LogP contribution in [0.2, 0.25) is 0 Å². The lowest BCUT2D eigenvalue weighted by Crippen LogP contribution is -2.57. The van der Waals surface area contributed by atoms with Gasteiger partial charge in [0.1, 0.15) is 11.0 Å². The van der Waals surface area contributed by atoms with Crippen LogP contribution in [0.25, 0.3) is 11.0 Å². The number of nitrogens with zero attached hydrogens (tertiary/aromatic N) is 4. The monoisotopic (exact) mass is 402 g/mol. The second kappa shape index (κ2) is 7.75. The fraction of sp³-hybridized carbons (Fsp3) is 0.600. The highest BCUT2D eigenvalue weighted by molar-refractivity contribution is 7.00. The predicted octanol–water partition coefficient (Wildman–Crippen LogP) is 2.46. The first-order valence-electron chi connectivity index (χ1n) is 9.89. The Morgan fingerprint density at radius 1 is 1.29 bits per heavy atom. The number of hydrogen-bond donors (Lipinski definition) is 0. The van der Waals surface area contributed by atoms with E-state index in [0.717, 1.165) is 49.9 Å². The molecule has 1 aromatic heterocycles. The topological polar surface area (TPSA) is 75.6 Å². The van der Waals surface area contributed by atoms with Gasteiger partial charge in [0, 0.05) is 32.6 Å². The summed E-state index contributed by atoms with van der Waals surface area (Å²) in [5.41, 5.74) is 2.71. The molecule has 0 saturated carbocycles. The first kappa shape index (κ1) is 19.3. The van der Waals surface area contributed by atoms with Gasteiger partial charge in [-0.15, -0.1) is 0 Å². The molecular weight excluding hydrogens is 376 g/mol. The second-order valence-electron chi connectivity index (χ2n) is 7.79. The molecule has 2 aliphatic heterocycles. The lowest BCUT2D eigenvalue weighted by Gasteiger charge is -2.47. The van der Waals surface area contributed by atoms with E-state index in [9.17, 15) is 9.59 Å². The van der Waals surface area contributed by atoms with E-state index in [2.05, 4.69) is 32.7 Å². The van der Waals surface area contributed by atoms with E-state index in [1.54, 1.807) is 0 Å². The maximum Gasteiger partial charge on any atom is 0.311 e. The Labute approximate surface area is 169 Å². The Balaban J connectivity index is 1.49. The molecule has 0 bridgehead atoms. The minimum Gasteiger partial charge on any atom is -0.469 e. The van der Waals surface area contributed by atoms with Gasteiger partial charge < -0.3 is 9.64 Å². The van der Waals surface area contributed by atoms with Crippen molar-refractivity contribution in [2.24, 2.45) is 5.92 Å². The van der Waals surface area contributed by atoms with Gasteiger partial charge in [-0.1, -0.05) is 13.0 Å². The van der Waals surface area contributed by atoms with E-state index in [1.165, 1.54) is 24.4 Å². The zero-order valence-corrected chi connectivity index (χ0v) is 17.2. The van der Waals surface area contributed by atoms with Crippen molar-refractivity contribution in [1.29, 1.82) is 0 Å². The largest absolute Gasteiger partial charge is 0.469 e. The van der Waals surface area contributed by atoms with Gasteiger partial charge in [0.25, 0.3) is 0 Å². The Hall–Kier alpha value is -2.06. The number of benzene rings is 1. The Morgan fingerprint density at radius 3 is 2.75 bits per heavy atom. The molecule has 0 radical (unpaired) electrons. The number of methoxy groups -OCH3 is 1. The molecule has 0 N–H and O–H groups in total. The third-order valence-electron chi connectivity index (χ3n) is 6.25. The molecule has 1 atom stereocenters. The van der Waals surface area contributed by atoms with Gasteiger partial charge >= 0.3 is 5.97 Å². The summed E-state index contributed by atoms with van der Waals surface area (Å²) in [6, 6.07) is 6.22. The van der Waals surface area contributed by atoms with Gasteiger partial charge in [0.05, 0.1) is 30.3 Å². The zero-order chi connectivity index (χ0) is 19.7. The lowest BCUT2D eigenvalue weighted by molar-refractivity contribution is -0.150. The molecule has 2 fully saturated rings. The van der Waals surface area contributed by atoms with Gasteiger partial charge in [0.15, 0.2) is 0 Å². The minimum atomic E-state index is -0.389. The van der Waals surface area contributed by atoms with E-state index in [-0.39, 0.29) is 29.8 Å². The summed E-state index contributed by atoms with van der Waals surface area (Å²) < 4.78 is 13.6. The molecule has 7 nitrogen and oxygen atoms in total. The number of ether oxygens (including phenoxy) is 1. The molecule has 1 aromatic carbocycles. The first-order chi connectivity index (χ1) is 13.6. The van der Waals surface area contributed by atoms with Crippen LogP contribution in [0, 0.1) is 5.92 Å². The van der Waals surface area contributed by atoms with Crippen LogP contribution in [-0.4, -0.2) is 62.7 Å². The van der Waals surface area contributed by atoms with Crippen molar-refractivity contribution in [2.45, 2.75) is 44.7 Å². The van der Waals surface area contributed by atoms with E-state index in [1.807, 2.05) is 11.0 Å². The number of esters is 1. The number of carbonyl (C=O) groups is 2. The van der Waals surface area contributed by atoms with E-state index in [0.29, 0.717) is 6.54 Å². The van der Waals surface area contributed by atoms with Crippen molar-refractivity contribution in [1.82, 2.24) is 18.5 Å². The second-order valence-corrected chi connectivity index (χ2v) is 8.32. The molecule has 28 heavy (non-hydrogen) atoms. The van der Waals surface area contributed by atoms with E-state index < -0.39 is 0 Å². The summed E-state index contributed by atoms with van der Waals surface area (Å²) in [5, 5.41) is 0. The number of likely N-dealkylation sites (tertiary alicyclic amines) is 2. The molecule has 2 aliphatic rings. The third kappa shape index (κ3) is 3.28. The molecule has 2 aromatic rings. The summed E-state index contributed by atoms with van der Waals surface area (Å²) in [7, 11) is 1.42. The molecule has 0 aliphatic carbocycles. The molecular formula is C20H26N4O3S. The minimum absolute atomic E-state index is 0.0900. The highest BCUT2D eigenvalue weighted by atomic mass is 32.1. The summed E-state index contributed by atoms with van der Waals surface area (Å²) in [4.78, 5) is 29.4. The van der Waals surface area contributed by atoms with Crippen molar-refractivity contribution >= 4 is 34.6 Å². The summed E-state index contributed by atoms with van der Waals surface area (Å²) in [6.45, 7) is 5.34. The standard InChI is InChI=1S/C20H26N4O3S/c1-3-8-24-18(25)12-15(19(26)27-2)20(24)6-9-23(10-7-20)13-14-4-5-16-17(11-14)22-28-21-16/h4-5,11,15H,3,6-10,12-13H2,1-2H3. The Kier molecular flexibility index (Phi) is 5.33. The fourth-order valence-electron chi connectivity index (χ4n) is 4.83. The molecule has 1 unspecified atom stereocenters. The summed E-state index contributed by atoms with van der Waals surface area (Å²) in [6.07, 6.45) is 2.78. The van der Waals surface area contributed by atoms with Crippen LogP contribution in [0.3, 0.4) is 0 Å². The van der Waals surface area contributed by atoms with E-state index >= 15 is 0 Å². The molecule has 2 saturated heterocycles. The van der Waals surface area contributed by atoms with Crippen LogP contribution in [0.1, 0.15) is 38.2 Å². The lowest BCUT2D eigenvalue weighted by atomic mass is 9.76. The molecule has 8 heteroatoms. The summed E-state index contributed by atoms with van der Waals surface area (Å²) >= 11 is 1.24. The number of rotatable bonds is 5. The molecule has 1 amide bonds. The average molecular weight is 403 g/mol. The van der Waals surface area contributed by atoms with E-state index in [4.69, 9.17) is 4.74 Å². The van der Waals surface area contributed by atoms with Gasteiger partial charge in [-0.3, -0.25) is 14.5 Å². The molecule has 3 heterocycles. The van der Waals surface area contributed by atoms with Gasteiger partial charge in [-0.2, -0.15) is 8.75 Å². The maximum atomic E-state index is 12.6. The number of fused-ring (bicyclic) bond motifs is 1. The highest BCUT2D eigenvalue weighted by Crippen LogP contribution is 2.44. The zero-order valence-electron chi connectivity index (χ0n) is 16.4. The summed E-state index contributed by atoms with van der Waals surface area (Å²) in [5.74, 6) is -0.509. The van der Waals surface area contributed by atoms with Crippen molar-refractivity contribution in [3.05, 3.63) is 23.8 Å². The predicted molar refractivity (Wildman–Crippen MR) is 107 cm³/mol. The Bertz CT molecular complexity index is 875. The van der Waals surface area contributed by atoms with Crippen LogP contribution in [0.15, 0.2) is 18.2 Å². The molecule has 4 rings (SSSR count). The quantitative estimate of drug-likeness (QED) is 0.715. The number of piperidine rings is 1. The Morgan fingerprint density at radius 2 is 2.04 bits per heavy atom. The van der Waals surface area contributed by atoms with Crippen molar-refractivity contribution in [2.75, 3.05) is 26.7 Å². The maximum absolute atomic E-state index is 12.6. The average Bonchev–Trinajstić information content (AvgIpc) is 3.27. The molecule has 150 valence electrons. The van der Waals surface area contributed by atoms with Crippen molar-refractivity contribution < 1.29 is 14.3 Å². The third-order valence-corrected chi connectivity index (χ3v) is 6.80. The van der Waals surface area contributed by atoms with Crippen LogP contribution in [0.5, 0.6) is 0 Å². The van der Waals surface area contributed by atoms with Crippen LogP contribution < -0.4 is 0 Å². The smallest absolute Gasteiger partial charge is 0.311 e. The van der Waals surface area contributed by atoms with Gasteiger partial charge in [-0.05, 0) is 37.0 Å². The fourth-order valence-corrected chi connectivity index (χ4v) is 5.35. The SMILES string of the molecule is CCCN1C(=O)CC(C(=O)OC)C12CCN(Cc1ccc3nsnc3c1)CC2.